The van der Waals surface area contributed by atoms with Gasteiger partial charge in [-0.25, -0.2) is 4.68 Å². The fraction of sp³-hybridized carbons (Fsp3) is 0.462. The Morgan fingerprint density at radius 1 is 1.14 bits per heavy atom. The Hall–Kier alpha value is -3.34. The minimum Gasteiger partial charge on any atom is -0.467 e. The van der Waals surface area contributed by atoms with Crippen molar-refractivity contribution in [3.8, 4) is 0 Å². The van der Waals surface area contributed by atoms with E-state index in [4.69, 9.17) is 9.15 Å². The van der Waals surface area contributed by atoms with Crippen molar-refractivity contribution in [1.82, 2.24) is 35.0 Å². The molecular formula is C26H33N7O3. The summed E-state index contributed by atoms with van der Waals surface area (Å²) in [6.45, 7) is 10.9. The Bertz CT molecular complexity index is 1340. The van der Waals surface area contributed by atoms with Crippen LogP contribution in [0.4, 0.5) is 0 Å². The highest BCUT2D eigenvalue weighted by atomic mass is 16.5. The highest BCUT2D eigenvalue weighted by Gasteiger charge is 2.17. The third-order valence-corrected chi connectivity index (χ3v) is 6.67. The van der Waals surface area contributed by atoms with E-state index in [2.05, 4.69) is 49.4 Å². The second kappa shape index (κ2) is 11.2. The van der Waals surface area contributed by atoms with Gasteiger partial charge in [0.15, 0.2) is 5.82 Å². The molecule has 0 unspecified atom stereocenters. The van der Waals surface area contributed by atoms with Crippen LogP contribution >= 0.6 is 0 Å². The second-order valence-electron chi connectivity index (χ2n) is 9.52. The largest absolute Gasteiger partial charge is 0.467 e. The summed E-state index contributed by atoms with van der Waals surface area (Å²) in [5, 5.41) is 13.4. The molecule has 0 radical (unpaired) electrons. The van der Waals surface area contributed by atoms with Gasteiger partial charge in [-0.2, -0.15) is 0 Å². The molecule has 3 aromatic heterocycles. The Kier molecular flexibility index (Phi) is 7.55. The maximum Gasteiger partial charge on any atom is 0.252 e. The van der Waals surface area contributed by atoms with E-state index in [1.165, 1.54) is 5.56 Å². The van der Waals surface area contributed by atoms with Gasteiger partial charge < -0.3 is 14.1 Å². The number of hydrogen-bond donors (Lipinski definition) is 1. The molecule has 0 spiro atoms. The summed E-state index contributed by atoms with van der Waals surface area (Å²) in [6.07, 6.45) is 2.62. The summed E-state index contributed by atoms with van der Waals surface area (Å²) in [5.41, 5.74) is 3.84. The summed E-state index contributed by atoms with van der Waals surface area (Å²) in [4.78, 5) is 20.8. The van der Waals surface area contributed by atoms with Gasteiger partial charge in [-0.3, -0.25) is 14.6 Å². The number of fused-ring (bicyclic) bond motifs is 1. The lowest BCUT2D eigenvalue weighted by molar-refractivity contribution is 0.0358. The van der Waals surface area contributed by atoms with Crippen molar-refractivity contribution in [3.63, 3.8) is 0 Å². The molecule has 1 aromatic carbocycles. The van der Waals surface area contributed by atoms with Crippen LogP contribution in [-0.4, -0.2) is 74.4 Å². The zero-order valence-electron chi connectivity index (χ0n) is 20.9. The number of H-pyrrole nitrogens is 1. The number of pyridine rings is 1. The quantitative estimate of drug-likeness (QED) is 0.361. The lowest BCUT2D eigenvalue weighted by Crippen LogP contribution is -2.38. The molecule has 1 aliphatic rings. The first kappa shape index (κ1) is 24.4. The van der Waals surface area contributed by atoms with Crippen LogP contribution in [0.1, 0.15) is 34.7 Å². The number of morpholine rings is 1. The van der Waals surface area contributed by atoms with E-state index in [0.717, 1.165) is 79.4 Å². The van der Waals surface area contributed by atoms with Crippen molar-refractivity contribution in [3.05, 3.63) is 75.2 Å². The third-order valence-electron chi connectivity index (χ3n) is 6.67. The highest BCUT2D eigenvalue weighted by molar-refractivity contribution is 5.82. The van der Waals surface area contributed by atoms with Crippen molar-refractivity contribution < 1.29 is 9.15 Å². The molecule has 1 fully saturated rings. The number of rotatable bonds is 10. The Morgan fingerprint density at radius 3 is 2.81 bits per heavy atom. The van der Waals surface area contributed by atoms with Crippen LogP contribution in [0.5, 0.6) is 0 Å². The van der Waals surface area contributed by atoms with Gasteiger partial charge in [0.1, 0.15) is 12.3 Å². The molecule has 190 valence electrons. The first-order valence-electron chi connectivity index (χ1n) is 12.5. The predicted octanol–water partition coefficient (Wildman–Crippen LogP) is 2.50. The number of nitrogens with one attached hydrogen (secondary N) is 1. The molecule has 10 nitrogen and oxygen atoms in total. The molecule has 5 rings (SSSR count). The number of aromatic nitrogens is 5. The average molecular weight is 492 g/mol. The van der Waals surface area contributed by atoms with E-state index in [1.54, 1.807) is 10.9 Å². The average Bonchev–Trinajstić information content (AvgIpc) is 3.53. The molecule has 0 saturated carbocycles. The Labute approximate surface area is 209 Å². The van der Waals surface area contributed by atoms with Gasteiger partial charge in [0.05, 0.1) is 31.5 Å². The lowest BCUT2D eigenvalue weighted by atomic mass is 10.1. The SMILES string of the molecule is Cc1cc(C)c2[nH]c(=O)c(CN(CCCN3CCOCC3)Cc3nnnn3Cc3ccco3)cc2c1. The van der Waals surface area contributed by atoms with Crippen LogP contribution in [-0.2, 0) is 24.4 Å². The van der Waals surface area contributed by atoms with Crippen molar-refractivity contribution in [2.75, 3.05) is 39.4 Å². The van der Waals surface area contributed by atoms with Crippen LogP contribution in [0.15, 0.2) is 45.8 Å². The Morgan fingerprint density at radius 2 is 2.00 bits per heavy atom. The number of ether oxygens (including phenoxy) is 1. The minimum absolute atomic E-state index is 0.0530. The monoisotopic (exact) mass is 491 g/mol. The molecule has 4 aromatic rings. The van der Waals surface area contributed by atoms with Gasteiger partial charge >= 0.3 is 0 Å². The predicted molar refractivity (Wildman–Crippen MR) is 136 cm³/mol. The number of aromatic amines is 1. The van der Waals surface area contributed by atoms with Crippen molar-refractivity contribution in [1.29, 1.82) is 0 Å². The number of hydrogen-bond acceptors (Lipinski definition) is 8. The highest BCUT2D eigenvalue weighted by Crippen LogP contribution is 2.19. The van der Waals surface area contributed by atoms with Gasteiger partial charge in [-0.1, -0.05) is 11.6 Å². The van der Waals surface area contributed by atoms with Crippen LogP contribution in [0.25, 0.3) is 10.9 Å². The third kappa shape index (κ3) is 5.89. The fourth-order valence-electron chi connectivity index (χ4n) is 4.86. The van der Waals surface area contributed by atoms with Gasteiger partial charge in [0.2, 0.25) is 0 Å². The van der Waals surface area contributed by atoms with E-state index in [-0.39, 0.29) is 5.56 Å². The minimum atomic E-state index is -0.0530. The lowest BCUT2D eigenvalue weighted by Gasteiger charge is -2.28. The number of aryl methyl sites for hydroxylation is 2. The summed E-state index contributed by atoms with van der Waals surface area (Å²) in [7, 11) is 0. The summed E-state index contributed by atoms with van der Waals surface area (Å²) in [5.74, 6) is 1.53. The molecule has 1 aliphatic heterocycles. The van der Waals surface area contributed by atoms with E-state index in [9.17, 15) is 4.79 Å². The van der Waals surface area contributed by atoms with E-state index in [1.807, 2.05) is 25.1 Å². The number of furan rings is 1. The molecule has 10 heteroatoms. The number of tetrazole rings is 1. The first-order valence-corrected chi connectivity index (χ1v) is 12.5. The summed E-state index contributed by atoms with van der Waals surface area (Å²) >= 11 is 0. The van der Waals surface area contributed by atoms with Crippen LogP contribution < -0.4 is 5.56 Å². The van der Waals surface area contributed by atoms with E-state index < -0.39 is 0 Å². The van der Waals surface area contributed by atoms with Crippen LogP contribution in [0.2, 0.25) is 0 Å². The summed E-state index contributed by atoms with van der Waals surface area (Å²) in [6, 6.07) is 10.00. The van der Waals surface area contributed by atoms with Crippen LogP contribution in [0, 0.1) is 13.8 Å². The van der Waals surface area contributed by atoms with Crippen molar-refractivity contribution in [2.24, 2.45) is 0 Å². The Balaban J connectivity index is 1.36. The van der Waals surface area contributed by atoms with Gasteiger partial charge in [0, 0.05) is 31.7 Å². The molecule has 36 heavy (non-hydrogen) atoms. The van der Waals surface area contributed by atoms with Crippen molar-refractivity contribution >= 4 is 10.9 Å². The molecule has 0 atom stereocenters. The smallest absolute Gasteiger partial charge is 0.252 e. The fourth-order valence-corrected chi connectivity index (χ4v) is 4.86. The maximum absolute atomic E-state index is 13.0. The number of benzene rings is 1. The standard InChI is InChI=1S/C26H33N7O3/c1-19-13-20(2)25-21(14-19)15-22(26(34)27-25)16-32(7-4-6-31-8-11-35-12-9-31)18-24-28-29-30-33(24)17-23-5-3-10-36-23/h3,5,10,13-15H,4,6-9,11-12,16-18H2,1-2H3,(H,27,34). The molecule has 0 amide bonds. The molecular weight excluding hydrogens is 458 g/mol. The van der Waals surface area contributed by atoms with Gasteiger partial charge in [-0.05, 0) is 72.5 Å². The summed E-state index contributed by atoms with van der Waals surface area (Å²) < 4.78 is 12.7. The molecule has 1 saturated heterocycles. The molecule has 0 aliphatic carbocycles. The van der Waals surface area contributed by atoms with Gasteiger partial charge in [0.25, 0.3) is 5.56 Å². The van der Waals surface area contributed by atoms with E-state index in [0.29, 0.717) is 19.6 Å². The molecule has 4 heterocycles. The zero-order chi connectivity index (χ0) is 24.9. The first-order chi connectivity index (χ1) is 17.5. The van der Waals surface area contributed by atoms with E-state index >= 15 is 0 Å². The molecule has 1 N–H and O–H groups in total. The normalized spacial score (nSPS) is 14.8. The van der Waals surface area contributed by atoms with Crippen LogP contribution in [0.3, 0.4) is 0 Å². The zero-order valence-corrected chi connectivity index (χ0v) is 20.9. The number of nitrogens with zero attached hydrogens (tertiary/aromatic N) is 6. The van der Waals surface area contributed by atoms with Crippen molar-refractivity contribution in [2.45, 2.75) is 39.9 Å². The topological polar surface area (TPSA) is 105 Å². The van der Waals surface area contributed by atoms with Gasteiger partial charge in [-0.15, -0.1) is 5.10 Å². The molecule has 0 bridgehead atoms. The second-order valence-corrected chi connectivity index (χ2v) is 9.52. The maximum atomic E-state index is 13.0.